The monoisotopic (exact) mass is 360 g/mol. The number of hydrogen-bond acceptors (Lipinski definition) is 1. The van der Waals surface area contributed by atoms with Gasteiger partial charge in [-0.3, -0.25) is 4.79 Å². The van der Waals surface area contributed by atoms with Crippen molar-refractivity contribution in [1.29, 1.82) is 0 Å². The Kier molecular flexibility index (Phi) is 5.30. The predicted octanol–water partition coefficient (Wildman–Crippen LogP) is 4.83. The van der Waals surface area contributed by atoms with E-state index in [0.717, 1.165) is 35.0 Å². The second-order valence-corrected chi connectivity index (χ2v) is 6.19. The van der Waals surface area contributed by atoms with Crippen molar-refractivity contribution in [1.82, 2.24) is 10.3 Å². The number of alkyl halides is 3. The Balaban J connectivity index is 1.47. The van der Waals surface area contributed by atoms with Gasteiger partial charge in [0.25, 0.3) is 0 Å². The van der Waals surface area contributed by atoms with Crippen molar-refractivity contribution >= 4 is 16.8 Å². The van der Waals surface area contributed by atoms with Gasteiger partial charge in [-0.1, -0.05) is 30.3 Å². The highest BCUT2D eigenvalue weighted by Crippen LogP contribution is 2.29. The fourth-order valence-electron chi connectivity index (χ4n) is 2.92. The van der Waals surface area contributed by atoms with Crippen LogP contribution in [-0.2, 0) is 23.9 Å². The van der Waals surface area contributed by atoms with Gasteiger partial charge >= 0.3 is 6.18 Å². The van der Waals surface area contributed by atoms with Crippen LogP contribution in [0.15, 0.2) is 54.7 Å². The molecular formula is C20H19F3N2O. The van der Waals surface area contributed by atoms with E-state index in [1.54, 1.807) is 6.07 Å². The zero-order valence-corrected chi connectivity index (χ0v) is 14.1. The van der Waals surface area contributed by atoms with Gasteiger partial charge in [0.1, 0.15) is 0 Å². The largest absolute Gasteiger partial charge is 0.416 e. The van der Waals surface area contributed by atoms with Gasteiger partial charge < -0.3 is 10.3 Å². The van der Waals surface area contributed by atoms with Crippen LogP contribution >= 0.6 is 0 Å². The molecule has 0 bridgehead atoms. The van der Waals surface area contributed by atoms with Gasteiger partial charge in [-0.05, 0) is 42.2 Å². The zero-order valence-electron chi connectivity index (χ0n) is 14.1. The lowest BCUT2D eigenvalue weighted by Crippen LogP contribution is -2.22. The minimum absolute atomic E-state index is 0.0931. The number of H-pyrrole nitrogens is 1. The average molecular weight is 360 g/mol. The summed E-state index contributed by atoms with van der Waals surface area (Å²) in [5.41, 5.74) is 1.95. The molecule has 6 heteroatoms. The molecule has 3 rings (SSSR count). The van der Waals surface area contributed by atoms with Crippen molar-refractivity contribution in [2.24, 2.45) is 0 Å². The highest BCUT2D eigenvalue weighted by molar-refractivity contribution is 5.83. The first-order valence-electron chi connectivity index (χ1n) is 8.41. The molecule has 1 heterocycles. The highest BCUT2D eigenvalue weighted by atomic mass is 19.4. The smallest absolute Gasteiger partial charge is 0.361 e. The Morgan fingerprint density at radius 2 is 1.88 bits per heavy atom. The van der Waals surface area contributed by atoms with Gasteiger partial charge in [0.05, 0.1) is 5.56 Å². The molecule has 3 nitrogen and oxygen atoms in total. The molecule has 2 aromatic carbocycles. The van der Waals surface area contributed by atoms with Gasteiger partial charge in [0.15, 0.2) is 0 Å². The first kappa shape index (κ1) is 18.0. The first-order valence-corrected chi connectivity index (χ1v) is 8.41. The molecule has 0 unspecified atom stereocenters. The number of amides is 1. The molecule has 1 aromatic heterocycles. The molecular weight excluding hydrogens is 341 g/mol. The molecule has 0 saturated carbocycles. The lowest BCUT2D eigenvalue weighted by molar-refractivity contribution is -0.137. The number of carbonyl (C=O) groups excluding carboxylic acids is 1. The van der Waals surface area contributed by atoms with E-state index in [4.69, 9.17) is 0 Å². The molecule has 3 aromatic rings. The van der Waals surface area contributed by atoms with Crippen LogP contribution < -0.4 is 5.32 Å². The zero-order chi connectivity index (χ0) is 18.6. The number of fused-ring (bicyclic) bond motifs is 1. The third kappa shape index (κ3) is 4.45. The number of benzene rings is 2. The molecule has 0 radical (unpaired) electrons. The maximum absolute atomic E-state index is 12.7. The van der Waals surface area contributed by atoms with E-state index in [2.05, 4.69) is 10.3 Å². The fraction of sp³-hybridized carbons (Fsp3) is 0.250. The van der Waals surface area contributed by atoms with E-state index in [1.807, 2.05) is 30.5 Å². The number of aromatic amines is 1. The Morgan fingerprint density at radius 3 is 2.69 bits per heavy atom. The van der Waals surface area contributed by atoms with E-state index < -0.39 is 11.7 Å². The second kappa shape index (κ2) is 7.64. The molecule has 0 aliphatic rings. The minimum atomic E-state index is -4.38. The summed E-state index contributed by atoms with van der Waals surface area (Å²) in [5.74, 6) is -0.165. The maximum Gasteiger partial charge on any atom is 0.416 e. The van der Waals surface area contributed by atoms with Crippen LogP contribution in [0.5, 0.6) is 0 Å². The van der Waals surface area contributed by atoms with Crippen LogP contribution in [0.1, 0.15) is 29.5 Å². The van der Waals surface area contributed by atoms with Gasteiger partial charge in [-0.25, -0.2) is 0 Å². The maximum atomic E-state index is 12.7. The Morgan fingerprint density at radius 1 is 1.08 bits per heavy atom. The summed E-state index contributed by atoms with van der Waals surface area (Å²) < 4.78 is 38.1. The van der Waals surface area contributed by atoms with Crippen LogP contribution in [-0.4, -0.2) is 10.9 Å². The van der Waals surface area contributed by atoms with Crippen molar-refractivity contribution in [2.45, 2.75) is 32.0 Å². The third-order valence-corrected chi connectivity index (χ3v) is 4.27. The topological polar surface area (TPSA) is 44.9 Å². The Bertz CT molecular complexity index is 899. The summed E-state index contributed by atoms with van der Waals surface area (Å²) in [6.45, 7) is 0.0931. The SMILES string of the molecule is O=C(CCCc1c[nH]c2ccccc12)NCc1cccc(C(F)(F)F)c1. The summed E-state index contributed by atoms with van der Waals surface area (Å²) in [5, 5.41) is 3.83. The van der Waals surface area contributed by atoms with Gasteiger partial charge in [0.2, 0.25) is 5.91 Å². The van der Waals surface area contributed by atoms with Crippen molar-refractivity contribution in [2.75, 3.05) is 0 Å². The number of para-hydroxylation sites is 1. The number of halogens is 3. The van der Waals surface area contributed by atoms with Crippen LogP contribution in [0.3, 0.4) is 0 Å². The number of aryl methyl sites for hydroxylation is 1. The number of carbonyl (C=O) groups is 1. The Labute approximate surface area is 149 Å². The van der Waals surface area contributed by atoms with Crippen LogP contribution in [0, 0.1) is 0 Å². The number of nitrogens with one attached hydrogen (secondary N) is 2. The van der Waals surface area contributed by atoms with Crippen LogP contribution in [0.25, 0.3) is 10.9 Å². The van der Waals surface area contributed by atoms with E-state index in [9.17, 15) is 18.0 Å². The standard InChI is InChI=1S/C20H19F3N2O/c21-20(22,23)16-7-3-5-14(11-16)12-25-19(26)10-4-6-15-13-24-18-9-2-1-8-17(15)18/h1-3,5,7-9,11,13,24H,4,6,10,12H2,(H,25,26). The molecule has 0 aliphatic heterocycles. The summed E-state index contributed by atoms with van der Waals surface area (Å²) in [6.07, 6.45) is -0.652. The number of hydrogen-bond donors (Lipinski definition) is 2. The minimum Gasteiger partial charge on any atom is -0.361 e. The van der Waals surface area contributed by atoms with Crippen LogP contribution in [0.4, 0.5) is 13.2 Å². The molecule has 26 heavy (non-hydrogen) atoms. The van der Waals surface area contributed by atoms with Crippen molar-refractivity contribution in [3.63, 3.8) is 0 Å². The lowest BCUT2D eigenvalue weighted by atomic mass is 10.1. The summed E-state index contributed by atoms with van der Waals surface area (Å²) in [7, 11) is 0. The lowest BCUT2D eigenvalue weighted by Gasteiger charge is -2.09. The summed E-state index contributed by atoms with van der Waals surface area (Å²) >= 11 is 0. The molecule has 1 amide bonds. The number of rotatable bonds is 6. The van der Waals surface area contributed by atoms with Gasteiger partial charge in [-0.15, -0.1) is 0 Å². The van der Waals surface area contributed by atoms with Crippen molar-refractivity contribution < 1.29 is 18.0 Å². The molecule has 0 fully saturated rings. The molecule has 0 aliphatic carbocycles. The summed E-state index contributed by atoms with van der Waals surface area (Å²) in [4.78, 5) is 15.1. The van der Waals surface area contributed by atoms with Gasteiger partial charge in [-0.2, -0.15) is 13.2 Å². The number of aromatic nitrogens is 1. The molecule has 0 atom stereocenters. The van der Waals surface area contributed by atoms with Crippen molar-refractivity contribution in [3.05, 3.63) is 71.4 Å². The quantitative estimate of drug-likeness (QED) is 0.650. The predicted molar refractivity (Wildman–Crippen MR) is 94.5 cm³/mol. The first-order chi connectivity index (χ1) is 12.4. The van der Waals surface area contributed by atoms with E-state index in [0.29, 0.717) is 18.4 Å². The molecule has 0 spiro atoms. The van der Waals surface area contributed by atoms with Gasteiger partial charge in [0, 0.05) is 30.1 Å². The second-order valence-electron chi connectivity index (χ2n) is 6.19. The fourth-order valence-corrected chi connectivity index (χ4v) is 2.92. The molecule has 2 N–H and O–H groups in total. The Hall–Kier alpha value is -2.76. The molecule has 136 valence electrons. The van der Waals surface area contributed by atoms with E-state index in [1.165, 1.54) is 6.07 Å². The molecule has 0 saturated heterocycles. The average Bonchev–Trinajstić information content (AvgIpc) is 3.03. The van der Waals surface area contributed by atoms with Crippen molar-refractivity contribution in [3.8, 4) is 0 Å². The normalized spacial score (nSPS) is 11.7. The van der Waals surface area contributed by atoms with E-state index >= 15 is 0 Å². The third-order valence-electron chi connectivity index (χ3n) is 4.27. The highest BCUT2D eigenvalue weighted by Gasteiger charge is 2.30. The summed E-state index contributed by atoms with van der Waals surface area (Å²) in [6, 6.07) is 13.0. The van der Waals surface area contributed by atoms with E-state index in [-0.39, 0.29) is 12.5 Å². The van der Waals surface area contributed by atoms with Crippen LogP contribution in [0.2, 0.25) is 0 Å².